The Kier molecular flexibility index (Phi) is 5.22. The third-order valence-electron chi connectivity index (χ3n) is 5.37. The first kappa shape index (κ1) is 20.1. The third kappa shape index (κ3) is 3.72. The molecule has 4 aromatic rings. The van der Waals surface area contributed by atoms with Crippen molar-refractivity contribution in [1.29, 1.82) is 0 Å². The lowest BCUT2D eigenvalue weighted by Gasteiger charge is -2.25. The highest BCUT2D eigenvalue weighted by Crippen LogP contribution is 2.45. The van der Waals surface area contributed by atoms with Crippen LogP contribution in [0.3, 0.4) is 0 Å². The summed E-state index contributed by atoms with van der Waals surface area (Å²) in [6, 6.07) is 22.6. The average molecular weight is 469 g/mol. The fourth-order valence-corrected chi connectivity index (χ4v) is 4.64. The molecule has 2 heterocycles. The lowest BCUT2D eigenvalue weighted by molar-refractivity contribution is -0.116. The van der Waals surface area contributed by atoms with E-state index in [1.807, 2.05) is 60.7 Å². The number of halogens is 3. The molecular weight excluding hydrogens is 453 g/mol. The van der Waals surface area contributed by atoms with Gasteiger partial charge in [-0.2, -0.15) is 5.10 Å². The topological polar surface area (TPSA) is 46.9 Å². The van der Waals surface area contributed by atoms with Crippen LogP contribution in [0.2, 0.25) is 15.1 Å². The Balaban J connectivity index is 1.78. The Labute approximate surface area is 194 Å². The Morgan fingerprint density at radius 2 is 1.61 bits per heavy atom. The van der Waals surface area contributed by atoms with Crippen LogP contribution in [-0.4, -0.2) is 15.7 Å². The van der Waals surface area contributed by atoms with E-state index in [1.165, 1.54) is 0 Å². The molecule has 5 rings (SSSR count). The molecule has 0 saturated carbocycles. The van der Waals surface area contributed by atoms with Gasteiger partial charge < -0.3 is 5.32 Å². The molecule has 154 valence electrons. The van der Waals surface area contributed by atoms with Gasteiger partial charge in [0.2, 0.25) is 5.91 Å². The van der Waals surface area contributed by atoms with E-state index in [1.54, 1.807) is 16.8 Å². The van der Waals surface area contributed by atoms with Crippen molar-refractivity contribution in [3.8, 4) is 16.9 Å². The summed E-state index contributed by atoms with van der Waals surface area (Å²) in [7, 11) is 0. The van der Waals surface area contributed by atoms with E-state index in [0.29, 0.717) is 20.9 Å². The molecule has 0 aliphatic carbocycles. The molecule has 0 bridgehead atoms. The number of anilines is 1. The summed E-state index contributed by atoms with van der Waals surface area (Å²) in [5.41, 5.74) is 4.27. The molecule has 1 N–H and O–H groups in total. The number of carbonyl (C=O) groups excluding carboxylic acids is 1. The van der Waals surface area contributed by atoms with E-state index in [0.717, 1.165) is 28.1 Å². The van der Waals surface area contributed by atoms with Gasteiger partial charge in [-0.25, -0.2) is 4.68 Å². The molecule has 7 heteroatoms. The number of benzene rings is 3. The number of aromatic nitrogens is 2. The predicted molar refractivity (Wildman–Crippen MR) is 126 cm³/mol. The highest BCUT2D eigenvalue weighted by Gasteiger charge is 2.35. The maximum absolute atomic E-state index is 12.7. The standard InChI is InChI=1S/C24H16Cl3N3O/c25-15-8-6-14(7-9-15)23-22-19(18-11-10-16(26)12-20(18)27)13-21(31)28-24(22)30(29-23)17-4-2-1-3-5-17/h1-12,19H,13H2,(H,28,31). The largest absolute Gasteiger partial charge is 0.310 e. The van der Waals surface area contributed by atoms with E-state index in [2.05, 4.69) is 5.32 Å². The SMILES string of the molecule is O=C1CC(c2ccc(Cl)cc2Cl)c2c(-c3ccc(Cl)cc3)nn(-c3ccccc3)c2N1. The number of para-hydroxylation sites is 1. The minimum absolute atomic E-state index is 0.0942. The molecule has 4 nitrogen and oxygen atoms in total. The van der Waals surface area contributed by atoms with Crippen LogP contribution in [0.4, 0.5) is 5.82 Å². The summed E-state index contributed by atoms with van der Waals surface area (Å²) in [5, 5.41) is 9.65. The molecule has 31 heavy (non-hydrogen) atoms. The van der Waals surface area contributed by atoms with Crippen molar-refractivity contribution in [2.24, 2.45) is 0 Å². The average Bonchev–Trinajstić information content (AvgIpc) is 3.14. The van der Waals surface area contributed by atoms with Gasteiger partial charge in [0.1, 0.15) is 5.82 Å². The zero-order valence-electron chi connectivity index (χ0n) is 16.1. The maximum atomic E-state index is 12.7. The molecule has 0 fully saturated rings. The summed E-state index contributed by atoms with van der Waals surface area (Å²) in [4.78, 5) is 12.7. The Morgan fingerprint density at radius 1 is 0.903 bits per heavy atom. The minimum atomic E-state index is -0.267. The van der Waals surface area contributed by atoms with Gasteiger partial charge >= 0.3 is 0 Å². The van der Waals surface area contributed by atoms with Crippen molar-refractivity contribution in [3.05, 3.63) is 99.0 Å². The number of carbonyl (C=O) groups is 1. The summed E-state index contributed by atoms with van der Waals surface area (Å²) in [5.74, 6) is 0.281. The summed E-state index contributed by atoms with van der Waals surface area (Å²) in [6.45, 7) is 0. The van der Waals surface area contributed by atoms with E-state index >= 15 is 0 Å². The van der Waals surface area contributed by atoms with Gasteiger partial charge in [0.15, 0.2) is 0 Å². The van der Waals surface area contributed by atoms with Gasteiger partial charge in [0, 0.05) is 38.5 Å². The number of rotatable bonds is 3. The molecular formula is C24H16Cl3N3O. The van der Waals surface area contributed by atoms with Gasteiger partial charge in [0.05, 0.1) is 11.4 Å². The molecule has 1 aliphatic heterocycles. The second-order valence-electron chi connectivity index (χ2n) is 7.34. The fraction of sp³-hybridized carbons (Fsp3) is 0.0833. The smallest absolute Gasteiger partial charge is 0.226 e. The normalized spacial score (nSPS) is 15.5. The number of hydrogen-bond donors (Lipinski definition) is 1. The van der Waals surface area contributed by atoms with Crippen LogP contribution in [0.25, 0.3) is 16.9 Å². The first-order valence-corrected chi connectivity index (χ1v) is 10.8. The number of hydrogen-bond acceptors (Lipinski definition) is 2. The van der Waals surface area contributed by atoms with Crippen LogP contribution in [0, 0.1) is 0 Å². The Hall–Kier alpha value is -2.79. The summed E-state index contributed by atoms with van der Waals surface area (Å²) >= 11 is 18.8. The first-order valence-electron chi connectivity index (χ1n) is 9.70. The van der Waals surface area contributed by atoms with Gasteiger partial charge in [0.25, 0.3) is 0 Å². The number of fused-ring (bicyclic) bond motifs is 1. The molecule has 1 unspecified atom stereocenters. The van der Waals surface area contributed by atoms with Crippen LogP contribution in [-0.2, 0) is 4.79 Å². The van der Waals surface area contributed by atoms with Crippen LogP contribution >= 0.6 is 34.8 Å². The van der Waals surface area contributed by atoms with Gasteiger partial charge in [-0.3, -0.25) is 4.79 Å². The van der Waals surface area contributed by atoms with Gasteiger partial charge in [-0.15, -0.1) is 0 Å². The Bertz CT molecular complexity index is 1280. The molecule has 0 spiro atoms. The van der Waals surface area contributed by atoms with Crippen molar-refractivity contribution >= 4 is 46.5 Å². The van der Waals surface area contributed by atoms with Crippen molar-refractivity contribution in [2.75, 3.05) is 5.32 Å². The van der Waals surface area contributed by atoms with Crippen molar-refractivity contribution in [1.82, 2.24) is 9.78 Å². The van der Waals surface area contributed by atoms with E-state index in [-0.39, 0.29) is 18.2 Å². The molecule has 1 aliphatic rings. The van der Waals surface area contributed by atoms with Gasteiger partial charge in [-0.1, -0.05) is 71.2 Å². The predicted octanol–water partition coefficient (Wildman–Crippen LogP) is 6.97. The molecule has 1 aromatic heterocycles. The molecule has 0 saturated heterocycles. The second kappa shape index (κ2) is 8.04. The molecule has 1 amide bonds. The van der Waals surface area contributed by atoms with Crippen LogP contribution in [0.1, 0.15) is 23.5 Å². The van der Waals surface area contributed by atoms with Crippen molar-refractivity contribution < 1.29 is 4.79 Å². The second-order valence-corrected chi connectivity index (χ2v) is 8.62. The minimum Gasteiger partial charge on any atom is -0.310 e. The number of nitrogens with zero attached hydrogens (tertiary/aromatic N) is 2. The first-order chi connectivity index (χ1) is 15.0. The summed E-state index contributed by atoms with van der Waals surface area (Å²) in [6.07, 6.45) is 0.259. The van der Waals surface area contributed by atoms with Crippen molar-refractivity contribution in [3.63, 3.8) is 0 Å². The van der Waals surface area contributed by atoms with Gasteiger partial charge in [-0.05, 0) is 42.0 Å². The third-order valence-corrected chi connectivity index (χ3v) is 6.19. The van der Waals surface area contributed by atoms with E-state index in [9.17, 15) is 4.79 Å². The highest BCUT2D eigenvalue weighted by atomic mass is 35.5. The molecule has 0 radical (unpaired) electrons. The lowest BCUT2D eigenvalue weighted by atomic mass is 9.84. The lowest BCUT2D eigenvalue weighted by Crippen LogP contribution is -2.25. The van der Waals surface area contributed by atoms with Crippen LogP contribution in [0.5, 0.6) is 0 Å². The Morgan fingerprint density at radius 3 is 2.32 bits per heavy atom. The zero-order valence-corrected chi connectivity index (χ0v) is 18.4. The van der Waals surface area contributed by atoms with Crippen LogP contribution < -0.4 is 5.32 Å². The summed E-state index contributed by atoms with van der Waals surface area (Å²) < 4.78 is 1.77. The van der Waals surface area contributed by atoms with E-state index in [4.69, 9.17) is 39.9 Å². The maximum Gasteiger partial charge on any atom is 0.226 e. The quantitative estimate of drug-likeness (QED) is 0.353. The molecule has 1 atom stereocenters. The monoisotopic (exact) mass is 467 g/mol. The number of nitrogens with one attached hydrogen (secondary N) is 1. The molecule has 3 aromatic carbocycles. The van der Waals surface area contributed by atoms with Crippen molar-refractivity contribution in [2.45, 2.75) is 12.3 Å². The van der Waals surface area contributed by atoms with E-state index < -0.39 is 0 Å². The fourth-order valence-electron chi connectivity index (χ4n) is 3.98. The highest BCUT2D eigenvalue weighted by molar-refractivity contribution is 6.35. The number of amides is 1. The van der Waals surface area contributed by atoms with Crippen LogP contribution in [0.15, 0.2) is 72.8 Å². The zero-order chi connectivity index (χ0) is 21.5.